The van der Waals surface area contributed by atoms with E-state index in [4.69, 9.17) is 4.74 Å². The van der Waals surface area contributed by atoms with Crippen LogP contribution in [0.1, 0.15) is 13.3 Å². The minimum atomic E-state index is -0.558. The number of anilines is 2. The van der Waals surface area contributed by atoms with Gasteiger partial charge in [0.2, 0.25) is 5.91 Å². The number of amides is 2. The van der Waals surface area contributed by atoms with Crippen molar-refractivity contribution >= 4 is 44.2 Å². The molecular weight excluding hydrogens is 350 g/mol. The third-order valence-electron chi connectivity index (χ3n) is 4.18. The number of para-hydroxylation sites is 3. The maximum absolute atomic E-state index is 12.4. The standard InChI is InChI=1S/C19H17N3O3S/c1-12-18(24)22(14-7-3-4-8-15(14)25-12)11-10-17(23)21-19-20-13-6-2-5-9-16(13)26-19/h2-9,12H,10-11H2,1H3,(H,20,21,23). The smallest absolute Gasteiger partial charge is 0.267 e. The topological polar surface area (TPSA) is 71.5 Å². The minimum Gasteiger partial charge on any atom is -0.479 e. The zero-order chi connectivity index (χ0) is 18.1. The van der Waals surface area contributed by atoms with Gasteiger partial charge in [-0.05, 0) is 31.2 Å². The molecule has 4 rings (SSSR count). The van der Waals surface area contributed by atoms with Gasteiger partial charge in [-0.15, -0.1) is 0 Å². The molecule has 0 saturated carbocycles. The fraction of sp³-hybridized carbons (Fsp3) is 0.211. The molecule has 7 heteroatoms. The summed E-state index contributed by atoms with van der Waals surface area (Å²) in [4.78, 5) is 30.8. The van der Waals surface area contributed by atoms with E-state index < -0.39 is 6.10 Å². The first-order chi connectivity index (χ1) is 12.6. The molecule has 1 aliphatic heterocycles. The Kier molecular flexibility index (Phi) is 4.30. The first kappa shape index (κ1) is 16.5. The van der Waals surface area contributed by atoms with Gasteiger partial charge in [-0.2, -0.15) is 0 Å². The van der Waals surface area contributed by atoms with Crippen LogP contribution in [0.4, 0.5) is 10.8 Å². The van der Waals surface area contributed by atoms with Crippen LogP contribution in [0.5, 0.6) is 5.75 Å². The summed E-state index contributed by atoms with van der Waals surface area (Å²) in [7, 11) is 0. The molecule has 3 aromatic rings. The fourth-order valence-corrected chi connectivity index (χ4v) is 3.79. The molecule has 1 aromatic heterocycles. The molecule has 6 nitrogen and oxygen atoms in total. The molecule has 26 heavy (non-hydrogen) atoms. The van der Waals surface area contributed by atoms with E-state index >= 15 is 0 Å². The van der Waals surface area contributed by atoms with Crippen molar-refractivity contribution in [3.05, 3.63) is 48.5 Å². The van der Waals surface area contributed by atoms with Gasteiger partial charge in [0.15, 0.2) is 11.2 Å². The number of nitrogens with one attached hydrogen (secondary N) is 1. The van der Waals surface area contributed by atoms with Crippen molar-refractivity contribution < 1.29 is 14.3 Å². The van der Waals surface area contributed by atoms with E-state index in [0.717, 1.165) is 10.2 Å². The van der Waals surface area contributed by atoms with Crippen LogP contribution < -0.4 is 15.0 Å². The number of carbonyl (C=O) groups is 2. The van der Waals surface area contributed by atoms with Gasteiger partial charge in [0, 0.05) is 13.0 Å². The van der Waals surface area contributed by atoms with Gasteiger partial charge in [-0.25, -0.2) is 4.98 Å². The van der Waals surface area contributed by atoms with E-state index in [2.05, 4.69) is 10.3 Å². The third-order valence-corrected chi connectivity index (χ3v) is 5.13. The molecule has 0 saturated heterocycles. The molecule has 0 bridgehead atoms. The van der Waals surface area contributed by atoms with E-state index in [1.54, 1.807) is 11.8 Å². The summed E-state index contributed by atoms with van der Waals surface area (Å²) < 4.78 is 6.63. The molecule has 0 radical (unpaired) electrons. The van der Waals surface area contributed by atoms with Crippen LogP contribution in [0.25, 0.3) is 10.2 Å². The van der Waals surface area contributed by atoms with Crippen molar-refractivity contribution in [1.82, 2.24) is 4.98 Å². The van der Waals surface area contributed by atoms with Crippen LogP contribution in [-0.2, 0) is 9.59 Å². The lowest BCUT2D eigenvalue weighted by molar-refractivity contribution is -0.125. The number of rotatable bonds is 4. The molecule has 0 spiro atoms. The van der Waals surface area contributed by atoms with Crippen LogP contribution in [0, 0.1) is 0 Å². The molecule has 2 amide bonds. The lowest BCUT2D eigenvalue weighted by Gasteiger charge is -2.32. The van der Waals surface area contributed by atoms with Gasteiger partial charge >= 0.3 is 0 Å². The summed E-state index contributed by atoms with van der Waals surface area (Å²) in [5, 5.41) is 3.39. The fourth-order valence-electron chi connectivity index (χ4n) is 2.91. The summed E-state index contributed by atoms with van der Waals surface area (Å²) in [6, 6.07) is 15.1. The van der Waals surface area contributed by atoms with Crippen molar-refractivity contribution in [1.29, 1.82) is 0 Å². The number of hydrogen-bond acceptors (Lipinski definition) is 5. The molecule has 2 heterocycles. The van der Waals surface area contributed by atoms with Gasteiger partial charge in [0.05, 0.1) is 15.9 Å². The van der Waals surface area contributed by atoms with Gasteiger partial charge in [-0.3, -0.25) is 9.59 Å². The maximum Gasteiger partial charge on any atom is 0.267 e. The number of nitrogens with zero attached hydrogens (tertiary/aromatic N) is 2. The van der Waals surface area contributed by atoms with Crippen LogP contribution >= 0.6 is 11.3 Å². The SMILES string of the molecule is CC1Oc2ccccc2N(CCC(=O)Nc2nc3ccccc3s2)C1=O. The second-order valence-electron chi connectivity index (χ2n) is 6.00. The molecule has 1 atom stereocenters. The summed E-state index contributed by atoms with van der Waals surface area (Å²) in [5.41, 5.74) is 1.56. The largest absolute Gasteiger partial charge is 0.479 e. The molecule has 0 fully saturated rings. The normalized spacial score (nSPS) is 16.3. The summed E-state index contributed by atoms with van der Waals surface area (Å²) in [6.45, 7) is 2.01. The van der Waals surface area contributed by atoms with Gasteiger partial charge in [-0.1, -0.05) is 35.6 Å². The number of thiazole rings is 1. The Labute approximate surface area is 154 Å². The Bertz CT molecular complexity index is 952. The van der Waals surface area contributed by atoms with Crippen molar-refractivity contribution in [2.75, 3.05) is 16.8 Å². The van der Waals surface area contributed by atoms with Crippen LogP contribution in [0.2, 0.25) is 0 Å². The van der Waals surface area contributed by atoms with E-state index in [-0.39, 0.29) is 18.2 Å². The lowest BCUT2D eigenvalue weighted by Crippen LogP contribution is -2.45. The third kappa shape index (κ3) is 3.13. The molecule has 1 N–H and O–H groups in total. The average molecular weight is 367 g/mol. The molecule has 0 aliphatic carbocycles. The minimum absolute atomic E-state index is 0.142. The number of ether oxygens (including phenoxy) is 1. The predicted octanol–water partition coefficient (Wildman–Crippen LogP) is 3.44. The number of benzene rings is 2. The zero-order valence-electron chi connectivity index (χ0n) is 14.1. The summed E-state index contributed by atoms with van der Waals surface area (Å²) >= 11 is 1.43. The Morgan fingerprint density at radius 3 is 2.85 bits per heavy atom. The van der Waals surface area contributed by atoms with Crippen LogP contribution in [0.15, 0.2) is 48.5 Å². The predicted molar refractivity (Wildman–Crippen MR) is 102 cm³/mol. The number of aromatic nitrogens is 1. The highest BCUT2D eigenvalue weighted by Gasteiger charge is 2.31. The Morgan fingerprint density at radius 2 is 2.00 bits per heavy atom. The number of hydrogen-bond donors (Lipinski definition) is 1. The van der Waals surface area contributed by atoms with E-state index in [0.29, 0.717) is 23.1 Å². The molecule has 1 unspecified atom stereocenters. The first-order valence-corrected chi connectivity index (χ1v) is 9.16. The highest BCUT2D eigenvalue weighted by atomic mass is 32.1. The van der Waals surface area contributed by atoms with Crippen LogP contribution in [0.3, 0.4) is 0 Å². The highest BCUT2D eigenvalue weighted by molar-refractivity contribution is 7.22. The number of carbonyl (C=O) groups excluding carboxylic acids is 2. The van der Waals surface area contributed by atoms with Crippen molar-refractivity contribution in [2.45, 2.75) is 19.4 Å². The zero-order valence-corrected chi connectivity index (χ0v) is 15.0. The number of fused-ring (bicyclic) bond motifs is 2. The van der Waals surface area contributed by atoms with Crippen LogP contribution in [-0.4, -0.2) is 29.4 Å². The molecule has 132 valence electrons. The summed E-state index contributed by atoms with van der Waals surface area (Å²) in [5.74, 6) is 0.344. The second-order valence-corrected chi connectivity index (χ2v) is 7.03. The Balaban J connectivity index is 1.44. The Hall–Kier alpha value is -2.93. The summed E-state index contributed by atoms with van der Waals surface area (Å²) in [6.07, 6.45) is -0.375. The van der Waals surface area contributed by atoms with Gasteiger partial charge < -0.3 is 15.0 Å². The van der Waals surface area contributed by atoms with Gasteiger partial charge in [0.25, 0.3) is 5.91 Å². The monoisotopic (exact) mass is 367 g/mol. The van der Waals surface area contributed by atoms with Crippen molar-refractivity contribution in [2.24, 2.45) is 0 Å². The van der Waals surface area contributed by atoms with E-state index in [1.165, 1.54) is 11.3 Å². The molecule has 1 aliphatic rings. The average Bonchev–Trinajstić information content (AvgIpc) is 3.04. The quantitative estimate of drug-likeness (QED) is 0.767. The van der Waals surface area contributed by atoms with E-state index in [1.807, 2.05) is 48.5 Å². The first-order valence-electron chi connectivity index (χ1n) is 8.34. The maximum atomic E-state index is 12.4. The highest BCUT2D eigenvalue weighted by Crippen LogP contribution is 2.33. The second kappa shape index (κ2) is 6.76. The van der Waals surface area contributed by atoms with Crippen molar-refractivity contribution in [3.63, 3.8) is 0 Å². The lowest BCUT2D eigenvalue weighted by atomic mass is 10.1. The van der Waals surface area contributed by atoms with Crippen molar-refractivity contribution in [3.8, 4) is 5.75 Å². The van der Waals surface area contributed by atoms with Gasteiger partial charge in [0.1, 0.15) is 5.75 Å². The van der Waals surface area contributed by atoms with E-state index in [9.17, 15) is 9.59 Å². The Morgan fingerprint density at radius 1 is 1.23 bits per heavy atom. The molecular formula is C19H17N3O3S. The molecule has 2 aromatic carbocycles.